The summed E-state index contributed by atoms with van der Waals surface area (Å²) >= 11 is 0. The number of ether oxygens (including phenoxy) is 1. The summed E-state index contributed by atoms with van der Waals surface area (Å²) in [5.41, 5.74) is 2.43. The Morgan fingerprint density at radius 2 is 1.00 bits per heavy atom. The zero-order valence-electron chi connectivity index (χ0n) is 9.17. The molecule has 0 atom stereocenters. The Bertz CT molecular complexity index is 346. The Hall–Kier alpha value is -1.07. The maximum atomic E-state index is 5.61. The van der Waals surface area contributed by atoms with Gasteiger partial charge in [-0.1, -0.05) is 60.7 Å². The van der Waals surface area contributed by atoms with Crippen LogP contribution in [0.15, 0.2) is 60.7 Å². The Kier molecular flexibility index (Phi) is 5.89. The van der Waals surface area contributed by atoms with Gasteiger partial charge in [0.15, 0.2) is 0 Å². The number of rotatable bonds is 4. The molecule has 2 heteroatoms. The third-order valence-corrected chi connectivity index (χ3v) is 2.22. The molecule has 0 saturated carbocycles. The van der Waals surface area contributed by atoms with Gasteiger partial charge in [0.2, 0.25) is 0 Å². The van der Waals surface area contributed by atoms with E-state index >= 15 is 0 Å². The van der Waals surface area contributed by atoms with Gasteiger partial charge in [-0.25, -0.2) is 0 Å². The monoisotopic (exact) mass is 225 g/mol. The second-order valence-corrected chi connectivity index (χ2v) is 3.46. The highest BCUT2D eigenvalue weighted by atomic mass is 27.0. The predicted molar refractivity (Wildman–Crippen MR) is 67.1 cm³/mol. The van der Waals surface area contributed by atoms with Gasteiger partial charge in [0.1, 0.15) is 0 Å². The van der Waals surface area contributed by atoms with Crippen LogP contribution < -0.4 is 0 Å². The SMILES string of the molecule is [Al].c1ccc(COCc2ccccc2)cc1. The maximum Gasteiger partial charge on any atom is 0.0721 e. The average molecular weight is 225 g/mol. The van der Waals surface area contributed by atoms with Gasteiger partial charge in [0.25, 0.3) is 0 Å². The van der Waals surface area contributed by atoms with E-state index < -0.39 is 0 Å². The van der Waals surface area contributed by atoms with E-state index in [1.54, 1.807) is 0 Å². The quantitative estimate of drug-likeness (QED) is 0.727. The lowest BCUT2D eigenvalue weighted by molar-refractivity contribution is 0.107. The molecule has 0 fully saturated rings. The summed E-state index contributed by atoms with van der Waals surface area (Å²) in [5.74, 6) is 0. The van der Waals surface area contributed by atoms with Crippen molar-refractivity contribution < 1.29 is 4.74 Å². The smallest absolute Gasteiger partial charge is 0.0721 e. The zero-order valence-corrected chi connectivity index (χ0v) is 10.3. The minimum Gasteiger partial charge on any atom is -0.372 e. The first kappa shape index (κ1) is 13.0. The van der Waals surface area contributed by atoms with Crippen LogP contribution in [-0.2, 0) is 18.0 Å². The van der Waals surface area contributed by atoms with Gasteiger partial charge < -0.3 is 4.74 Å². The summed E-state index contributed by atoms with van der Waals surface area (Å²) in [5, 5.41) is 0. The summed E-state index contributed by atoms with van der Waals surface area (Å²) in [6, 6.07) is 20.4. The van der Waals surface area contributed by atoms with Crippen LogP contribution in [0.25, 0.3) is 0 Å². The van der Waals surface area contributed by atoms with E-state index in [1.165, 1.54) is 11.1 Å². The van der Waals surface area contributed by atoms with E-state index in [1.807, 2.05) is 36.4 Å². The van der Waals surface area contributed by atoms with Gasteiger partial charge in [0.05, 0.1) is 13.2 Å². The molecule has 0 spiro atoms. The summed E-state index contributed by atoms with van der Waals surface area (Å²) in [6.45, 7) is 1.35. The molecular weight excluding hydrogens is 211 g/mol. The van der Waals surface area contributed by atoms with Crippen LogP contribution in [0.3, 0.4) is 0 Å². The van der Waals surface area contributed by atoms with Crippen molar-refractivity contribution in [3.63, 3.8) is 0 Å². The van der Waals surface area contributed by atoms with Crippen molar-refractivity contribution in [3.8, 4) is 0 Å². The van der Waals surface area contributed by atoms with Crippen LogP contribution in [0, 0.1) is 0 Å². The minimum atomic E-state index is 0. The zero-order chi connectivity index (χ0) is 10.3. The van der Waals surface area contributed by atoms with Crippen molar-refractivity contribution in [3.05, 3.63) is 71.8 Å². The maximum absolute atomic E-state index is 5.61. The molecule has 1 nitrogen and oxygen atoms in total. The molecule has 0 bridgehead atoms. The van der Waals surface area contributed by atoms with Crippen LogP contribution >= 0.6 is 0 Å². The Balaban J connectivity index is 0.00000128. The molecular formula is C14H14AlO. The van der Waals surface area contributed by atoms with Crippen LogP contribution in [0.4, 0.5) is 0 Å². The molecule has 79 valence electrons. The van der Waals surface area contributed by atoms with Crippen LogP contribution in [0.2, 0.25) is 0 Å². The van der Waals surface area contributed by atoms with Crippen molar-refractivity contribution in [1.29, 1.82) is 0 Å². The highest BCUT2D eigenvalue weighted by Crippen LogP contribution is 2.05. The molecule has 0 aliphatic carbocycles. The highest BCUT2D eigenvalue weighted by Gasteiger charge is 1.93. The van der Waals surface area contributed by atoms with Crippen molar-refractivity contribution in [2.75, 3.05) is 0 Å². The normalized spacial score (nSPS) is 9.50. The fraction of sp³-hybridized carbons (Fsp3) is 0.143. The van der Waals surface area contributed by atoms with Crippen molar-refractivity contribution in [1.82, 2.24) is 0 Å². The summed E-state index contributed by atoms with van der Waals surface area (Å²) in [7, 11) is 0. The summed E-state index contributed by atoms with van der Waals surface area (Å²) < 4.78 is 5.61. The second-order valence-electron chi connectivity index (χ2n) is 3.46. The number of hydrogen-bond acceptors (Lipinski definition) is 1. The van der Waals surface area contributed by atoms with E-state index in [-0.39, 0.29) is 17.4 Å². The van der Waals surface area contributed by atoms with Crippen LogP contribution in [0.1, 0.15) is 11.1 Å². The first-order chi connectivity index (χ1) is 7.45. The van der Waals surface area contributed by atoms with Gasteiger partial charge in [-0.05, 0) is 11.1 Å². The van der Waals surface area contributed by atoms with Gasteiger partial charge in [0, 0.05) is 17.4 Å². The van der Waals surface area contributed by atoms with E-state index in [0.717, 1.165) is 0 Å². The Morgan fingerprint density at radius 1 is 0.625 bits per heavy atom. The predicted octanol–water partition coefficient (Wildman–Crippen LogP) is 3.02. The molecule has 2 aromatic carbocycles. The van der Waals surface area contributed by atoms with Gasteiger partial charge >= 0.3 is 0 Å². The third kappa shape index (κ3) is 4.20. The molecule has 0 aromatic heterocycles. The first-order valence-corrected chi connectivity index (χ1v) is 5.11. The minimum absolute atomic E-state index is 0. The van der Waals surface area contributed by atoms with Crippen LogP contribution in [0.5, 0.6) is 0 Å². The Labute approximate surface area is 107 Å². The standard InChI is InChI=1S/C14H14O.Al/c1-3-7-13(8-4-1)11-15-12-14-9-5-2-6-10-14;/h1-10H,11-12H2;. The molecule has 0 unspecified atom stereocenters. The summed E-state index contributed by atoms with van der Waals surface area (Å²) in [4.78, 5) is 0. The lowest BCUT2D eigenvalue weighted by Crippen LogP contribution is -1.93. The van der Waals surface area contributed by atoms with Crippen molar-refractivity contribution in [2.45, 2.75) is 13.2 Å². The highest BCUT2D eigenvalue weighted by molar-refractivity contribution is 5.75. The fourth-order valence-electron chi connectivity index (χ4n) is 1.44. The molecule has 0 aliphatic rings. The average Bonchev–Trinajstić information content (AvgIpc) is 2.32. The van der Waals surface area contributed by atoms with Crippen molar-refractivity contribution >= 4 is 17.4 Å². The van der Waals surface area contributed by atoms with Gasteiger partial charge in [-0.3, -0.25) is 0 Å². The Morgan fingerprint density at radius 3 is 1.38 bits per heavy atom. The third-order valence-electron chi connectivity index (χ3n) is 2.22. The molecule has 0 heterocycles. The fourth-order valence-corrected chi connectivity index (χ4v) is 1.44. The largest absolute Gasteiger partial charge is 0.372 e. The molecule has 3 radical (unpaired) electrons. The van der Waals surface area contributed by atoms with Crippen LogP contribution in [-0.4, -0.2) is 17.4 Å². The number of hydrogen-bond donors (Lipinski definition) is 0. The van der Waals surface area contributed by atoms with Gasteiger partial charge in [-0.2, -0.15) is 0 Å². The molecule has 0 saturated heterocycles. The molecule has 0 aliphatic heterocycles. The van der Waals surface area contributed by atoms with E-state index in [4.69, 9.17) is 4.74 Å². The molecule has 0 N–H and O–H groups in total. The van der Waals surface area contributed by atoms with E-state index in [0.29, 0.717) is 13.2 Å². The van der Waals surface area contributed by atoms with Crippen molar-refractivity contribution in [2.24, 2.45) is 0 Å². The van der Waals surface area contributed by atoms with Gasteiger partial charge in [-0.15, -0.1) is 0 Å². The van der Waals surface area contributed by atoms with E-state index in [9.17, 15) is 0 Å². The number of benzene rings is 2. The molecule has 16 heavy (non-hydrogen) atoms. The molecule has 2 aromatic rings. The lowest BCUT2D eigenvalue weighted by atomic mass is 10.2. The topological polar surface area (TPSA) is 9.23 Å². The molecule has 2 rings (SSSR count). The van der Waals surface area contributed by atoms with E-state index in [2.05, 4.69) is 24.3 Å². The summed E-state index contributed by atoms with van der Waals surface area (Å²) in [6.07, 6.45) is 0. The second kappa shape index (κ2) is 7.25. The first-order valence-electron chi connectivity index (χ1n) is 5.11. The molecule has 0 amide bonds. The lowest BCUT2D eigenvalue weighted by Gasteiger charge is -2.03.